The van der Waals surface area contributed by atoms with Gasteiger partial charge in [-0.3, -0.25) is 20.5 Å². The molecule has 0 saturated heterocycles. The first kappa shape index (κ1) is 11.1. The van der Waals surface area contributed by atoms with E-state index >= 15 is 0 Å². The Morgan fingerprint density at radius 2 is 2.40 bits per heavy atom. The van der Waals surface area contributed by atoms with Crippen molar-refractivity contribution in [1.82, 2.24) is 9.88 Å². The molecule has 0 spiro atoms. The van der Waals surface area contributed by atoms with Crippen LogP contribution in [0.3, 0.4) is 0 Å². The summed E-state index contributed by atoms with van der Waals surface area (Å²) in [6.45, 7) is -0.0448. The lowest BCUT2D eigenvalue weighted by Gasteiger charge is -2.16. The summed E-state index contributed by atoms with van der Waals surface area (Å²) in [7, 11) is 1.64. The second-order valence-corrected chi connectivity index (χ2v) is 3.11. The van der Waals surface area contributed by atoms with Crippen LogP contribution in [0.25, 0.3) is 0 Å². The lowest BCUT2D eigenvalue weighted by atomic mass is 10.3. The van der Waals surface area contributed by atoms with E-state index in [4.69, 9.17) is 5.41 Å². The fourth-order valence-electron chi connectivity index (χ4n) is 1.07. The van der Waals surface area contributed by atoms with E-state index in [2.05, 4.69) is 4.98 Å². The van der Waals surface area contributed by atoms with Crippen molar-refractivity contribution in [2.75, 3.05) is 13.6 Å². The monoisotopic (exact) mass is 208 g/mol. The molecule has 0 aliphatic rings. The minimum atomic E-state index is -0.517. The van der Waals surface area contributed by atoms with Crippen molar-refractivity contribution in [3.8, 4) is 0 Å². The van der Waals surface area contributed by atoms with Crippen LogP contribution in [-0.2, 0) is 6.54 Å². The molecule has 0 fully saturated rings. The molecule has 1 heterocycles. The van der Waals surface area contributed by atoms with Crippen molar-refractivity contribution < 1.29 is 4.92 Å². The average Bonchev–Trinajstić information content (AvgIpc) is 2.18. The number of amidine groups is 1. The van der Waals surface area contributed by atoms with Crippen molar-refractivity contribution >= 4 is 5.84 Å². The maximum atomic E-state index is 10.2. The number of nitrogens with zero attached hydrogens (tertiary/aromatic N) is 3. The maximum Gasteiger partial charge on any atom is 0.259 e. The fraction of sp³-hybridized carbons (Fsp3) is 0.333. The van der Waals surface area contributed by atoms with Crippen molar-refractivity contribution in [3.05, 3.63) is 40.2 Å². The minimum absolute atomic E-state index is 0.0225. The second-order valence-electron chi connectivity index (χ2n) is 3.11. The number of rotatable bonds is 4. The largest absolute Gasteiger partial charge is 0.352 e. The zero-order valence-corrected chi connectivity index (χ0v) is 8.38. The van der Waals surface area contributed by atoms with Crippen LogP contribution < -0.4 is 0 Å². The summed E-state index contributed by atoms with van der Waals surface area (Å²) >= 11 is 0. The standard InChI is InChI=1S/C9H12N4O2/c1-12(9(10)7-13(14)15)6-8-4-2-3-5-11-8/h2-5,10H,6-7H2,1H3. The summed E-state index contributed by atoms with van der Waals surface area (Å²) in [6.07, 6.45) is 1.65. The lowest BCUT2D eigenvalue weighted by molar-refractivity contribution is -0.464. The molecule has 0 amide bonds. The highest BCUT2D eigenvalue weighted by Gasteiger charge is 2.11. The first-order chi connectivity index (χ1) is 7.09. The first-order valence-corrected chi connectivity index (χ1v) is 4.40. The Labute approximate surface area is 87.2 Å². The SMILES string of the molecule is CN(Cc1ccccn1)C(=N)C[N+](=O)[O-]. The van der Waals surface area contributed by atoms with E-state index in [0.29, 0.717) is 6.54 Å². The first-order valence-electron chi connectivity index (χ1n) is 4.40. The Bertz CT molecular complexity index is 352. The summed E-state index contributed by atoms with van der Waals surface area (Å²) in [6, 6.07) is 5.45. The van der Waals surface area contributed by atoms with Gasteiger partial charge in [-0.05, 0) is 12.1 Å². The van der Waals surface area contributed by atoms with Gasteiger partial charge in [-0.15, -0.1) is 0 Å². The highest BCUT2D eigenvalue weighted by molar-refractivity contribution is 5.79. The molecule has 1 N–H and O–H groups in total. The zero-order valence-electron chi connectivity index (χ0n) is 8.38. The minimum Gasteiger partial charge on any atom is -0.352 e. The average molecular weight is 208 g/mol. The topological polar surface area (TPSA) is 83.1 Å². The van der Waals surface area contributed by atoms with Gasteiger partial charge in [0.15, 0.2) is 5.84 Å². The molecule has 0 bridgehead atoms. The molecule has 0 radical (unpaired) electrons. The Kier molecular flexibility index (Phi) is 3.73. The van der Waals surface area contributed by atoms with E-state index in [1.807, 2.05) is 12.1 Å². The van der Waals surface area contributed by atoms with E-state index in [1.54, 1.807) is 19.3 Å². The predicted octanol–water partition coefficient (Wildman–Crippen LogP) is 0.767. The van der Waals surface area contributed by atoms with Crippen LogP contribution in [-0.4, -0.2) is 34.2 Å². The molecule has 0 aliphatic carbocycles. The van der Waals surface area contributed by atoms with E-state index in [-0.39, 0.29) is 5.84 Å². The quantitative estimate of drug-likeness (QED) is 0.343. The molecule has 6 heteroatoms. The molecule has 6 nitrogen and oxygen atoms in total. The van der Waals surface area contributed by atoms with E-state index in [9.17, 15) is 10.1 Å². The van der Waals surface area contributed by atoms with Crippen LogP contribution in [0.5, 0.6) is 0 Å². The van der Waals surface area contributed by atoms with Gasteiger partial charge in [0.1, 0.15) is 0 Å². The van der Waals surface area contributed by atoms with Crippen LogP contribution >= 0.6 is 0 Å². The Morgan fingerprint density at radius 3 is 2.93 bits per heavy atom. The van der Waals surface area contributed by atoms with Gasteiger partial charge in [-0.1, -0.05) is 6.07 Å². The van der Waals surface area contributed by atoms with Crippen LogP contribution in [0.4, 0.5) is 0 Å². The van der Waals surface area contributed by atoms with Crippen LogP contribution in [0.2, 0.25) is 0 Å². The smallest absolute Gasteiger partial charge is 0.259 e. The second kappa shape index (κ2) is 5.04. The number of nitrogens with one attached hydrogen (secondary N) is 1. The molecule has 80 valence electrons. The highest BCUT2D eigenvalue weighted by Crippen LogP contribution is 1.99. The molecule has 1 aromatic heterocycles. The molecular formula is C9H12N4O2. The molecule has 0 unspecified atom stereocenters. The van der Waals surface area contributed by atoms with Gasteiger partial charge in [-0.25, -0.2) is 0 Å². The number of pyridine rings is 1. The number of hydrogen-bond acceptors (Lipinski definition) is 4. The molecule has 1 aromatic rings. The van der Waals surface area contributed by atoms with Gasteiger partial charge in [0.2, 0.25) is 0 Å². The van der Waals surface area contributed by atoms with Crippen molar-refractivity contribution in [2.24, 2.45) is 0 Å². The van der Waals surface area contributed by atoms with E-state index in [0.717, 1.165) is 5.69 Å². The highest BCUT2D eigenvalue weighted by atomic mass is 16.6. The summed E-state index contributed by atoms with van der Waals surface area (Å²) in [5.41, 5.74) is 0.785. The molecule has 0 aliphatic heterocycles. The third-order valence-corrected chi connectivity index (χ3v) is 1.86. The van der Waals surface area contributed by atoms with Gasteiger partial charge in [-0.2, -0.15) is 0 Å². The van der Waals surface area contributed by atoms with E-state index in [1.165, 1.54) is 4.90 Å². The van der Waals surface area contributed by atoms with Crippen molar-refractivity contribution in [2.45, 2.75) is 6.54 Å². The maximum absolute atomic E-state index is 10.2. The summed E-state index contributed by atoms with van der Waals surface area (Å²) in [5.74, 6) is -0.0225. The Hall–Kier alpha value is -1.98. The van der Waals surface area contributed by atoms with Gasteiger partial charge < -0.3 is 4.90 Å². The summed E-state index contributed by atoms with van der Waals surface area (Å²) in [4.78, 5) is 15.2. The van der Waals surface area contributed by atoms with Crippen molar-refractivity contribution in [3.63, 3.8) is 0 Å². The Morgan fingerprint density at radius 1 is 1.67 bits per heavy atom. The normalized spacial score (nSPS) is 9.67. The van der Waals surface area contributed by atoms with Gasteiger partial charge in [0.25, 0.3) is 6.54 Å². The number of likely N-dealkylation sites (N-methyl/N-ethyl adjacent to an activating group) is 1. The fourth-order valence-corrected chi connectivity index (χ4v) is 1.07. The van der Waals surface area contributed by atoms with Crippen LogP contribution in [0.1, 0.15) is 5.69 Å². The third kappa shape index (κ3) is 3.72. The number of hydrogen-bond donors (Lipinski definition) is 1. The number of nitro groups is 1. The molecule has 0 saturated carbocycles. The van der Waals surface area contributed by atoms with E-state index < -0.39 is 11.5 Å². The molecule has 0 aromatic carbocycles. The Balaban J connectivity index is 2.52. The summed E-state index contributed by atoms with van der Waals surface area (Å²) in [5, 5.41) is 17.6. The molecule has 15 heavy (non-hydrogen) atoms. The van der Waals surface area contributed by atoms with Gasteiger partial charge in [0.05, 0.1) is 12.2 Å². The third-order valence-electron chi connectivity index (χ3n) is 1.86. The van der Waals surface area contributed by atoms with Gasteiger partial charge >= 0.3 is 0 Å². The number of aromatic nitrogens is 1. The predicted molar refractivity (Wildman–Crippen MR) is 55.3 cm³/mol. The lowest BCUT2D eigenvalue weighted by Crippen LogP contribution is -2.31. The zero-order chi connectivity index (χ0) is 11.3. The molecular weight excluding hydrogens is 196 g/mol. The van der Waals surface area contributed by atoms with Crippen molar-refractivity contribution in [1.29, 1.82) is 5.41 Å². The molecule has 1 rings (SSSR count). The van der Waals surface area contributed by atoms with Crippen LogP contribution in [0.15, 0.2) is 24.4 Å². The van der Waals surface area contributed by atoms with Crippen LogP contribution in [0, 0.1) is 15.5 Å². The van der Waals surface area contributed by atoms with Gasteiger partial charge in [0, 0.05) is 18.2 Å². The molecule has 0 atom stereocenters. The summed E-state index contributed by atoms with van der Waals surface area (Å²) < 4.78 is 0.